The molecule has 3 nitrogen and oxygen atoms in total. The molecule has 3 aromatic rings. The molecule has 0 saturated heterocycles. The first-order chi connectivity index (χ1) is 13.5. The van der Waals surface area contributed by atoms with Crippen LogP contribution in [0.5, 0.6) is 5.75 Å². The first-order valence-electron chi connectivity index (χ1n) is 9.06. The number of Topliss-reactive ketones (excluding diaryl/α,β-unsaturated/α-hetero) is 1. The van der Waals surface area contributed by atoms with Gasteiger partial charge in [-0.2, -0.15) is 0 Å². The Hall–Kier alpha value is -2.41. The molecule has 3 rings (SSSR count). The summed E-state index contributed by atoms with van der Waals surface area (Å²) in [6.07, 6.45) is 0. The van der Waals surface area contributed by atoms with Gasteiger partial charge in [0.05, 0.1) is 0 Å². The van der Waals surface area contributed by atoms with E-state index in [1.807, 2.05) is 56.3 Å². The van der Waals surface area contributed by atoms with E-state index in [1.54, 1.807) is 7.11 Å². The van der Waals surface area contributed by atoms with Crippen LogP contribution in [0.25, 0.3) is 0 Å². The Bertz CT molecular complexity index is 986. The van der Waals surface area contributed by atoms with Crippen LogP contribution in [0.3, 0.4) is 0 Å². The number of aryl methyl sites for hydroxylation is 3. The van der Waals surface area contributed by atoms with Crippen molar-refractivity contribution >= 4 is 39.8 Å². The number of hydrogen-bond donors (Lipinski definition) is 0. The Kier molecular flexibility index (Phi) is 6.67. The average Bonchev–Trinajstić information content (AvgIpc) is 2.71. The second kappa shape index (κ2) is 9.19. The maximum absolute atomic E-state index is 13.3. The number of para-hydroxylation sites is 1. The molecular formula is C24H23NO2Te. The fraction of sp³-hybridized carbons (Fsp3) is 0.167. The molecule has 142 valence electrons. The van der Waals surface area contributed by atoms with Crippen molar-refractivity contribution in [1.29, 1.82) is 0 Å². The fourth-order valence-electron chi connectivity index (χ4n) is 2.79. The third-order valence-electron chi connectivity index (χ3n) is 4.43. The van der Waals surface area contributed by atoms with E-state index in [9.17, 15) is 4.79 Å². The minimum absolute atomic E-state index is 0.00622. The summed E-state index contributed by atoms with van der Waals surface area (Å²) < 4.78 is 7.07. The molecule has 3 aromatic carbocycles. The van der Waals surface area contributed by atoms with Gasteiger partial charge in [0, 0.05) is 0 Å². The van der Waals surface area contributed by atoms with Gasteiger partial charge in [-0.1, -0.05) is 0 Å². The van der Waals surface area contributed by atoms with Crippen molar-refractivity contribution in [3.63, 3.8) is 0 Å². The first kappa shape index (κ1) is 20.3. The van der Waals surface area contributed by atoms with Gasteiger partial charge in [-0.3, -0.25) is 0 Å². The van der Waals surface area contributed by atoms with Gasteiger partial charge in [0.25, 0.3) is 0 Å². The molecule has 0 fully saturated rings. The van der Waals surface area contributed by atoms with Crippen LogP contribution < -0.4 is 8.35 Å². The molecule has 0 aromatic heterocycles. The molecule has 0 atom stereocenters. The number of aliphatic imine (C=N–C) groups is 1. The fourth-order valence-corrected chi connectivity index (χ4v) is 5.19. The second-order valence-corrected chi connectivity index (χ2v) is 9.66. The van der Waals surface area contributed by atoms with E-state index in [-0.39, 0.29) is 5.78 Å². The number of ether oxygens (including phenoxy) is 1. The normalized spacial score (nSPS) is 11.4. The number of methoxy groups -OCH3 is 1. The molecule has 0 saturated carbocycles. The van der Waals surface area contributed by atoms with E-state index in [2.05, 4.69) is 31.2 Å². The summed E-state index contributed by atoms with van der Waals surface area (Å²) in [6.45, 7) is 6.14. The molecule has 0 amide bonds. The number of carbonyl (C=O) groups excluding carboxylic acids is 1. The van der Waals surface area contributed by atoms with Crippen LogP contribution in [0.4, 0.5) is 5.69 Å². The van der Waals surface area contributed by atoms with E-state index in [0.717, 1.165) is 22.6 Å². The number of rotatable bonds is 6. The first-order valence-corrected chi connectivity index (χ1v) is 11.4. The number of ketones is 1. The topological polar surface area (TPSA) is 38.7 Å². The Morgan fingerprint density at radius 1 is 0.857 bits per heavy atom. The molecule has 0 aliphatic carbocycles. The zero-order chi connectivity index (χ0) is 20.1. The van der Waals surface area contributed by atoms with Gasteiger partial charge in [-0.15, -0.1) is 0 Å². The number of benzene rings is 3. The van der Waals surface area contributed by atoms with Crippen molar-refractivity contribution in [1.82, 2.24) is 0 Å². The Morgan fingerprint density at radius 3 is 2.04 bits per heavy atom. The van der Waals surface area contributed by atoms with Crippen molar-refractivity contribution < 1.29 is 9.53 Å². The molecule has 0 radical (unpaired) electrons. The van der Waals surface area contributed by atoms with Gasteiger partial charge in [-0.25, -0.2) is 0 Å². The van der Waals surface area contributed by atoms with Crippen molar-refractivity contribution in [2.24, 2.45) is 4.99 Å². The van der Waals surface area contributed by atoms with Crippen molar-refractivity contribution in [2.75, 3.05) is 7.11 Å². The van der Waals surface area contributed by atoms with E-state index in [4.69, 9.17) is 9.73 Å². The molecular weight excluding hydrogens is 462 g/mol. The van der Waals surface area contributed by atoms with Gasteiger partial charge in [0.1, 0.15) is 0 Å². The molecule has 0 spiro atoms. The molecule has 0 aliphatic heterocycles. The minimum atomic E-state index is -0.929. The third kappa shape index (κ3) is 4.90. The summed E-state index contributed by atoms with van der Waals surface area (Å²) in [4.78, 5) is 18.2. The summed E-state index contributed by atoms with van der Waals surface area (Å²) in [5, 5.41) is 0. The number of hydrogen-bond acceptors (Lipinski definition) is 3. The third-order valence-corrected chi connectivity index (χ3v) is 7.23. The van der Waals surface area contributed by atoms with Gasteiger partial charge in [0.2, 0.25) is 0 Å². The molecule has 4 heteroatoms. The van der Waals surface area contributed by atoms with Gasteiger partial charge >= 0.3 is 177 Å². The summed E-state index contributed by atoms with van der Waals surface area (Å²) >= 11 is -0.929. The standard InChI is InChI=1S/C24H23NO2Te/c1-16-8-14-21(15-9-16)28-24(25-22-17(2)6-5-7-18(22)3)23(26)19-10-12-20(27-4)13-11-19/h5-15H,1-4H3. The quantitative estimate of drug-likeness (QED) is 0.292. The molecule has 28 heavy (non-hydrogen) atoms. The van der Waals surface area contributed by atoms with Crippen LogP contribution in [0.1, 0.15) is 27.0 Å². The Morgan fingerprint density at radius 2 is 1.46 bits per heavy atom. The summed E-state index contributed by atoms with van der Waals surface area (Å²) in [5.41, 5.74) is 4.92. The van der Waals surface area contributed by atoms with E-state index < -0.39 is 20.9 Å². The van der Waals surface area contributed by atoms with Gasteiger partial charge in [0.15, 0.2) is 0 Å². The van der Waals surface area contributed by atoms with Crippen molar-refractivity contribution in [2.45, 2.75) is 20.8 Å². The van der Waals surface area contributed by atoms with Crippen LogP contribution in [0.2, 0.25) is 0 Å². The summed E-state index contributed by atoms with van der Waals surface area (Å²) in [5.74, 6) is 0.730. The molecule has 0 heterocycles. The van der Waals surface area contributed by atoms with E-state index >= 15 is 0 Å². The molecule has 0 bridgehead atoms. The zero-order valence-electron chi connectivity index (χ0n) is 16.5. The molecule has 0 aliphatic rings. The summed E-state index contributed by atoms with van der Waals surface area (Å²) in [7, 11) is 1.62. The van der Waals surface area contributed by atoms with E-state index in [1.165, 1.54) is 9.17 Å². The Labute approximate surface area is 176 Å². The number of nitrogens with zero attached hydrogens (tertiary/aromatic N) is 1. The van der Waals surface area contributed by atoms with Gasteiger partial charge in [-0.05, 0) is 0 Å². The van der Waals surface area contributed by atoms with Crippen LogP contribution >= 0.6 is 0 Å². The van der Waals surface area contributed by atoms with Crippen LogP contribution in [0.15, 0.2) is 71.7 Å². The predicted molar refractivity (Wildman–Crippen MR) is 117 cm³/mol. The summed E-state index contributed by atoms with van der Waals surface area (Å²) in [6, 6.07) is 21.7. The second-order valence-electron chi connectivity index (χ2n) is 6.63. The number of carbonyl (C=O) groups is 1. The van der Waals surface area contributed by atoms with E-state index in [0.29, 0.717) is 9.32 Å². The van der Waals surface area contributed by atoms with Crippen LogP contribution in [-0.2, 0) is 0 Å². The van der Waals surface area contributed by atoms with Crippen molar-refractivity contribution in [3.8, 4) is 5.75 Å². The SMILES string of the molecule is COc1ccc(C(=O)C(=Nc2c(C)cccc2C)[Te]c2ccc(C)cc2)cc1. The Balaban J connectivity index is 2.03. The maximum atomic E-state index is 13.3. The molecule has 0 N–H and O–H groups in total. The van der Waals surface area contributed by atoms with Crippen molar-refractivity contribution in [3.05, 3.63) is 89.0 Å². The monoisotopic (exact) mass is 487 g/mol. The average molecular weight is 485 g/mol. The zero-order valence-corrected chi connectivity index (χ0v) is 18.9. The van der Waals surface area contributed by atoms with Gasteiger partial charge < -0.3 is 0 Å². The predicted octanol–water partition coefficient (Wildman–Crippen LogP) is 4.56. The van der Waals surface area contributed by atoms with Crippen LogP contribution in [0, 0.1) is 20.8 Å². The van der Waals surface area contributed by atoms with Crippen LogP contribution in [-0.4, -0.2) is 37.6 Å². The molecule has 0 unspecified atom stereocenters.